The van der Waals surface area contributed by atoms with E-state index in [1.807, 2.05) is 85.9 Å². The molecule has 0 unspecified atom stereocenters. The molecule has 4 aromatic rings. The van der Waals surface area contributed by atoms with Crippen molar-refractivity contribution in [1.29, 1.82) is 0 Å². The third kappa shape index (κ3) is 4.55. The summed E-state index contributed by atoms with van der Waals surface area (Å²) in [5, 5.41) is 6.89. The first kappa shape index (κ1) is 25.9. The standard InChI is InChI=1S/C32H26N4O2S2/c1-21-27(31(38)36(33-21)24-17-11-6-12-18-24)32-35(3)30(37)25(39-32)19-20-26-34(2)28(22-13-7-4-8-14-22)29(40-26)23-15-9-5-10-16-23/h4-20H,1-3H3/b25-19?,26-20-,32-27?. The van der Waals surface area contributed by atoms with Crippen molar-refractivity contribution in [3.63, 3.8) is 0 Å². The maximum atomic E-state index is 13.4. The molecular formula is C32H26N4O2S2. The first-order valence-corrected chi connectivity index (χ1v) is 14.4. The third-order valence-electron chi connectivity index (χ3n) is 6.81. The number of allylic oxidation sites excluding steroid dienone is 1. The van der Waals surface area contributed by atoms with Crippen LogP contribution in [-0.4, -0.2) is 28.1 Å². The van der Waals surface area contributed by atoms with Crippen LogP contribution in [0.25, 0.3) is 22.3 Å². The number of hydrogen-bond acceptors (Lipinski definition) is 6. The van der Waals surface area contributed by atoms with Gasteiger partial charge in [-0.05, 0) is 42.3 Å². The van der Waals surface area contributed by atoms with Crippen molar-refractivity contribution in [3.05, 3.63) is 133 Å². The number of hydrazone groups is 1. The van der Waals surface area contributed by atoms with Gasteiger partial charge in [0.15, 0.2) is 0 Å². The van der Waals surface area contributed by atoms with Gasteiger partial charge in [-0.15, -0.1) is 11.3 Å². The second-order valence-corrected chi connectivity index (χ2v) is 11.5. The summed E-state index contributed by atoms with van der Waals surface area (Å²) in [7, 11) is 3.75. The van der Waals surface area contributed by atoms with Gasteiger partial charge in [-0.1, -0.05) is 90.6 Å². The lowest BCUT2D eigenvalue weighted by atomic mass is 10.1. The van der Waals surface area contributed by atoms with Crippen LogP contribution in [0.4, 0.5) is 5.69 Å². The molecule has 0 bridgehead atoms. The average molecular weight is 563 g/mol. The number of nitrogens with zero attached hydrogens (tertiary/aromatic N) is 4. The van der Waals surface area contributed by atoms with E-state index in [1.54, 1.807) is 30.3 Å². The molecule has 1 amide bonds. The molecule has 8 heteroatoms. The Morgan fingerprint density at radius 1 is 0.775 bits per heavy atom. The summed E-state index contributed by atoms with van der Waals surface area (Å²) in [6.07, 6.45) is 3.84. The lowest BCUT2D eigenvalue weighted by Gasteiger charge is -2.17. The molecule has 198 valence electrons. The van der Waals surface area contributed by atoms with Gasteiger partial charge in [0.2, 0.25) is 0 Å². The van der Waals surface area contributed by atoms with Crippen molar-refractivity contribution >= 4 is 62.7 Å². The Labute approximate surface area is 240 Å². The molecule has 0 saturated heterocycles. The number of carbonyl (C=O) groups is 1. The smallest absolute Gasteiger partial charge is 0.283 e. The lowest BCUT2D eigenvalue weighted by Crippen LogP contribution is -2.32. The fraction of sp³-hybridized carbons (Fsp3) is 0.0938. The molecule has 0 spiro atoms. The molecule has 40 heavy (non-hydrogen) atoms. The Hall–Kier alpha value is -4.40. The van der Waals surface area contributed by atoms with E-state index in [-0.39, 0.29) is 11.5 Å². The molecule has 0 fully saturated rings. The molecule has 0 aliphatic carbocycles. The minimum Gasteiger partial charge on any atom is -0.338 e. The number of thioether (sulfide) groups is 1. The van der Waals surface area contributed by atoms with Gasteiger partial charge >= 0.3 is 0 Å². The monoisotopic (exact) mass is 562 g/mol. The molecular weight excluding hydrogens is 537 g/mol. The van der Waals surface area contributed by atoms with Crippen LogP contribution in [0, 0.1) is 0 Å². The SMILES string of the molecule is CC1=NN(c2ccccc2)C(=O)C1=c1sc(=C/C=C2\SC(c3ccccc3)=C(c3ccccc3)N2C)c(=O)n1C. The van der Waals surface area contributed by atoms with E-state index in [0.717, 1.165) is 26.8 Å². The first-order valence-electron chi connectivity index (χ1n) is 12.8. The number of rotatable bonds is 4. The van der Waals surface area contributed by atoms with Gasteiger partial charge in [0, 0.05) is 19.0 Å². The summed E-state index contributed by atoms with van der Waals surface area (Å²) < 4.78 is 2.70. The third-order valence-corrected chi connectivity index (χ3v) is 9.26. The Morgan fingerprint density at radius 2 is 1.38 bits per heavy atom. The number of thiazole rings is 1. The molecule has 3 aromatic carbocycles. The predicted molar refractivity (Wildman–Crippen MR) is 167 cm³/mol. The van der Waals surface area contributed by atoms with E-state index in [4.69, 9.17) is 0 Å². The van der Waals surface area contributed by atoms with Gasteiger partial charge in [-0.25, -0.2) is 0 Å². The molecule has 3 heterocycles. The number of carbonyl (C=O) groups excluding carboxylic acids is 1. The Morgan fingerprint density at radius 3 is 2.02 bits per heavy atom. The number of para-hydroxylation sites is 1. The zero-order valence-electron chi connectivity index (χ0n) is 22.2. The quantitative estimate of drug-likeness (QED) is 0.357. The number of hydrogen-bond donors (Lipinski definition) is 0. The number of amides is 1. The fourth-order valence-corrected chi connectivity index (χ4v) is 7.08. The maximum absolute atomic E-state index is 13.4. The van der Waals surface area contributed by atoms with Crippen LogP contribution in [0.3, 0.4) is 0 Å². The molecule has 1 aromatic heterocycles. The highest BCUT2D eigenvalue weighted by Gasteiger charge is 2.31. The van der Waals surface area contributed by atoms with E-state index in [9.17, 15) is 9.59 Å². The van der Waals surface area contributed by atoms with Gasteiger partial charge in [-0.3, -0.25) is 9.59 Å². The normalized spacial score (nSPS) is 18.4. The van der Waals surface area contributed by atoms with E-state index in [2.05, 4.69) is 34.3 Å². The first-order chi connectivity index (χ1) is 19.4. The molecule has 2 aliphatic heterocycles. The molecule has 0 radical (unpaired) electrons. The topological polar surface area (TPSA) is 57.9 Å². The van der Waals surface area contributed by atoms with E-state index < -0.39 is 0 Å². The fourth-order valence-electron chi connectivity index (χ4n) is 4.78. The van der Waals surface area contributed by atoms with Gasteiger partial charge in [0.05, 0.1) is 32.2 Å². The molecule has 0 N–H and O–H groups in total. The second kappa shape index (κ2) is 10.6. The van der Waals surface area contributed by atoms with E-state index in [1.165, 1.54) is 16.3 Å². The number of anilines is 1. The summed E-state index contributed by atoms with van der Waals surface area (Å²) in [5.41, 5.74) is 4.98. The highest BCUT2D eigenvalue weighted by Crippen LogP contribution is 2.49. The summed E-state index contributed by atoms with van der Waals surface area (Å²) in [4.78, 5) is 30.0. The van der Waals surface area contributed by atoms with Crippen LogP contribution in [-0.2, 0) is 11.8 Å². The zero-order chi connectivity index (χ0) is 27.8. The average Bonchev–Trinajstić information content (AvgIpc) is 3.58. The largest absolute Gasteiger partial charge is 0.338 e. The molecule has 2 aliphatic rings. The van der Waals surface area contributed by atoms with Gasteiger partial charge in [0.25, 0.3) is 11.5 Å². The van der Waals surface area contributed by atoms with Crippen LogP contribution in [0.15, 0.2) is 112 Å². The van der Waals surface area contributed by atoms with Crippen molar-refractivity contribution in [3.8, 4) is 0 Å². The highest BCUT2D eigenvalue weighted by molar-refractivity contribution is 8.12. The van der Waals surface area contributed by atoms with E-state index >= 15 is 0 Å². The van der Waals surface area contributed by atoms with Gasteiger partial charge in [-0.2, -0.15) is 10.1 Å². The van der Waals surface area contributed by atoms with Crippen LogP contribution in [0.5, 0.6) is 0 Å². The van der Waals surface area contributed by atoms with Crippen LogP contribution >= 0.6 is 23.1 Å². The summed E-state index contributed by atoms with van der Waals surface area (Å²) in [6, 6.07) is 30.0. The minimum atomic E-state index is -0.235. The van der Waals surface area contributed by atoms with Gasteiger partial charge in [0.1, 0.15) is 4.66 Å². The molecule has 6 rings (SSSR count). The van der Waals surface area contributed by atoms with Crippen molar-refractivity contribution in [1.82, 2.24) is 9.47 Å². The Kier molecular flexibility index (Phi) is 6.88. The summed E-state index contributed by atoms with van der Waals surface area (Å²) in [5.74, 6) is -0.235. The predicted octanol–water partition coefficient (Wildman–Crippen LogP) is 4.85. The highest BCUT2D eigenvalue weighted by atomic mass is 32.2. The van der Waals surface area contributed by atoms with Crippen molar-refractivity contribution in [2.24, 2.45) is 12.1 Å². The minimum absolute atomic E-state index is 0.145. The molecule has 0 atom stereocenters. The van der Waals surface area contributed by atoms with Gasteiger partial charge < -0.3 is 9.47 Å². The Bertz CT molecular complexity index is 1890. The molecule has 0 saturated carbocycles. The number of benzene rings is 3. The second-order valence-electron chi connectivity index (χ2n) is 9.39. The van der Waals surface area contributed by atoms with Crippen LogP contribution < -0.4 is 19.8 Å². The van der Waals surface area contributed by atoms with Crippen LogP contribution in [0.2, 0.25) is 0 Å². The van der Waals surface area contributed by atoms with E-state index in [0.29, 0.717) is 26.2 Å². The summed E-state index contributed by atoms with van der Waals surface area (Å²) >= 11 is 2.99. The maximum Gasteiger partial charge on any atom is 0.283 e. The van der Waals surface area contributed by atoms with Crippen molar-refractivity contribution in [2.75, 3.05) is 12.1 Å². The lowest BCUT2D eigenvalue weighted by molar-refractivity contribution is -0.112. The summed E-state index contributed by atoms with van der Waals surface area (Å²) in [6.45, 7) is 1.80. The zero-order valence-corrected chi connectivity index (χ0v) is 23.9. The van der Waals surface area contributed by atoms with Crippen LogP contribution in [0.1, 0.15) is 18.1 Å². The number of aromatic nitrogens is 1. The molecule has 6 nitrogen and oxygen atoms in total. The van der Waals surface area contributed by atoms with Crippen molar-refractivity contribution in [2.45, 2.75) is 6.92 Å². The van der Waals surface area contributed by atoms with Crippen molar-refractivity contribution < 1.29 is 4.79 Å². The Balaban J connectivity index is 1.41.